The third kappa shape index (κ3) is 2.52. The maximum Gasteiger partial charge on any atom is 0.186 e. The molecule has 0 aliphatic carbocycles. The van der Waals surface area contributed by atoms with E-state index >= 15 is 0 Å². The van der Waals surface area contributed by atoms with Gasteiger partial charge in [0.25, 0.3) is 0 Å². The Morgan fingerprint density at radius 3 is 2.85 bits per heavy atom. The van der Waals surface area contributed by atoms with E-state index in [0.29, 0.717) is 29.0 Å². The van der Waals surface area contributed by atoms with Crippen LogP contribution in [-0.4, -0.2) is 24.7 Å². The fourth-order valence-corrected chi connectivity index (χ4v) is 3.39. The Morgan fingerprint density at radius 1 is 1.07 bits per heavy atom. The van der Waals surface area contributed by atoms with E-state index in [1.165, 1.54) is 12.4 Å². The number of nitrogens with two attached hydrogens (primary N) is 1. The third-order valence-corrected chi connectivity index (χ3v) is 4.74. The lowest BCUT2D eigenvalue weighted by molar-refractivity contribution is 0.602. The van der Waals surface area contributed by atoms with Gasteiger partial charge in [0.2, 0.25) is 0 Å². The molecule has 3 heterocycles. The van der Waals surface area contributed by atoms with Crippen LogP contribution >= 0.6 is 0 Å². The molecular formula is C20H15FN6. The van der Waals surface area contributed by atoms with Crippen LogP contribution in [0.15, 0.2) is 61.1 Å². The number of rotatable bonds is 3. The average Bonchev–Trinajstić information content (AvgIpc) is 3.28. The van der Waals surface area contributed by atoms with E-state index in [9.17, 15) is 4.39 Å². The molecule has 27 heavy (non-hydrogen) atoms. The Balaban J connectivity index is 1.58. The van der Waals surface area contributed by atoms with Crippen molar-refractivity contribution in [2.45, 2.75) is 6.54 Å². The van der Waals surface area contributed by atoms with Gasteiger partial charge in [-0.1, -0.05) is 24.3 Å². The summed E-state index contributed by atoms with van der Waals surface area (Å²) in [5, 5.41) is 8.96. The number of hydrogen-bond donors (Lipinski definition) is 2. The highest BCUT2D eigenvalue weighted by Crippen LogP contribution is 2.31. The largest absolute Gasteiger partial charge is 0.383 e. The molecule has 6 nitrogen and oxygen atoms in total. The molecule has 0 fully saturated rings. The first-order chi connectivity index (χ1) is 13.2. The number of anilines is 1. The monoisotopic (exact) mass is 358 g/mol. The van der Waals surface area contributed by atoms with E-state index < -0.39 is 0 Å². The van der Waals surface area contributed by atoms with Crippen LogP contribution in [0.3, 0.4) is 0 Å². The van der Waals surface area contributed by atoms with Crippen molar-refractivity contribution in [3.8, 4) is 11.3 Å². The molecule has 5 aromatic rings. The molecule has 2 aromatic carbocycles. The quantitative estimate of drug-likeness (QED) is 0.514. The first-order valence-corrected chi connectivity index (χ1v) is 8.48. The van der Waals surface area contributed by atoms with Gasteiger partial charge in [0.15, 0.2) is 5.65 Å². The SMILES string of the molecule is Nc1ncnc2n[nH]c(-c3ccc4c(ccn4Cc4ccccc4F)c3)c12. The number of halogens is 1. The van der Waals surface area contributed by atoms with Gasteiger partial charge >= 0.3 is 0 Å². The zero-order chi connectivity index (χ0) is 18.4. The number of nitrogens with zero attached hydrogens (tertiary/aromatic N) is 4. The summed E-state index contributed by atoms with van der Waals surface area (Å²) in [4.78, 5) is 8.19. The van der Waals surface area contributed by atoms with Crippen LogP contribution in [-0.2, 0) is 6.54 Å². The van der Waals surface area contributed by atoms with Crippen molar-refractivity contribution in [2.24, 2.45) is 0 Å². The Kier molecular flexibility index (Phi) is 3.39. The van der Waals surface area contributed by atoms with Gasteiger partial charge in [-0.2, -0.15) is 5.10 Å². The normalized spacial score (nSPS) is 11.4. The number of hydrogen-bond acceptors (Lipinski definition) is 4. The summed E-state index contributed by atoms with van der Waals surface area (Å²) in [7, 11) is 0. The molecule has 0 amide bonds. The van der Waals surface area contributed by atoms with Crippen molar-refractivity contribution in [1.82, 2.24) is 24.7 Å². The van der Waals surface area contributed by atoms with E-state index in [4.69, 9.17) is 5.73 Å². The lowest BCUT2D eigenvalue weighted by Crippen LogP contribution is -2.00. The van der Waals surface area contributed by atoms with Crippen molar-refractivity contribution in [3.05, 3.63) is 72.4 Å². The molecular weight excluding hydrogens is 343 g/mol. The van der Waals surface area contributed by atoms with E-state index in [1.54, 1.807) is 12.1 Å². The third-order valence-electron chi connectivity index (χ3n) is 4.74. The first kappa shape index (κ1) is 15.5. The van der Waals surface area contributed by atoms with Gasteiger partial charge in [-0.3, -0.25) is 5.10 Å². The molecule has 5 rings (SSSR count). The minimum Gasteiger partial charge on any atom is -0.383 e. The van der Waals surface area contributed by atoms with Gasteiger partial charge in [0, 0.05) is 28.2 Å². The number of H-pyrrole nitrogens is 1. The van der Waals surface area contributed by atoms with Gasteiger partial charge in [0.1, 0.15) is 18.0 Å². The average molecular weight is 358 g/mol. The van der Waals surface area contributed by atoms with E-state index in [0.717, 1.165) is 22.2 Å². The minimum atomic E-state index is -0.199. The maximum atomic E-state index is 14.0. The van der Waals surface area contributed by atoms with E-state index in [-0.39, 0.29) is 5.82 Å². The predicted molar refractivity (Wildman–Crippen MR) is 103 cm³/mol. The lowest BCUT2D eigenvalue weighted by atomic mass is 10.1. The highest BCUT2D eigenvalue weighted by atomic mass is 19.1. The van der Waals surface area contributed by atoms with E-state index in [2.05, 4.69) is 20.2 Å². The molecule has 0 unspecified atom stereocenters. The lowest BCUT2D eigenvalue weighted by Gasteiger charge is -2.07. The van der Waals surface area contributed by atoms with Crippen molar-refractivity contribution < 1.29 is 4.39 Å². The highest BCUT2D eigenvalue weighted by Gasteiger charge is 2.13. The number of aromatic nitrogens is 5. The molecule has 0 spiro atoms. The van der Waals surface area contributed by atoms with Gasteiger partial charge in [-0.15, -0.1) is 0 Å². The first-order valence-electron chi connectivity index (χ1n) is 8.48. The standard InChI is InChI=1S/C20H15FN6/c21-15-4-2-1-3-14(15)10-27-8-7-12-9-13(5-6-16(12)27)18-17-19(22)23-11-24-20(17)26-25-18/h1-9,11H,10H2,(H3,22,23,24,25,26). The molecule has 3 aromatic heterocycles. The Hall–Kier alpha value is -3.74. The smallest absolute Gasteiger partial charge is 0.186 e. The molecule has 3 N–H and O–H groups in total. The van der Waals surface area contributed by atoms with Crippen molar-refractivity contribution >= 4 is 27.8 Å². The summed E-state index contributed by atoms with van der Waals surface area (Å²) in [6, 6.07) is 14.9. The van der Waals surface area contributed by atoms with Crippen LogP contribution in [0.25, 0.3) is 33.2 Å². The van der Waals surface area contributed by atoms with E-state index in [1.807, 2.05) is 41.1 Å². The highest BCUT2D eigenvalue weighted by molar-refractivity contribution is 5.99. The van der Waals surface area contributed by atoms with Gasteiger partial charge in [0.05, 0.1) is 17.6 Å². The van der Waals surface area contributed by atoms with Gasteiger partial charge in [-0.05, 0) is 24.3 Å². The summed E-state index contributed by atoms with van der Waals surface area (Å²) in [5.74, 6) is 0.191. The summed E-state index contributed by atoms with van der Waals surface area (Å²) >= 11 is 0. The van der Waals surface area contributed by atoms with Crippen LogP contribution in [0.5, 0.6) is 0 Å². The van der Waals surface area contributed by atoms with Crippen molar-refractivity contribution in [3.63, 3.8) is 0 Å². The second-order valence-corrected chi connectivity index (χ2v) is 6.36. The molecule has 0 bridgehead atoms. The van der Waals surface area contributed by atoms with Gasteiger partial charge < -0.3 is 10.3 Å². The summed E-state index contributed by atoms with van der Waals surface area (Å²) < 4.78 is 16.0. The van der Waals surface area contributed by atoms with Crippen LogP contribution in [0.2, 0.25) is 0 Å². The van der Waals surface area contributed by atoms with Crippen LogP contribution in [0.4, 0.5) is 10.2 Å². The maximum absolute atomic E-state index is 14.0. The number of benzene rings is 2. The number of nitrogen functional groups attached to an aromatic ring is 1. The fourth-order valence-electron chi connectivity index (χ4n) is 3.39. The Bertz CT molecular complexity index is 1290. The molecule has 0 aliphatic heterocycles. The Morgan fingerprint density at radius 2 is 1.96 bits per heavy atom. The summed E-state index contributed by atoms with van der Waals surface area (Å²) in [6.07, 6.45) is 3.36. The number of fused-ring (bicyclic) bond motifs is 2. The molecule has 0 aliphatic rings. The fraction of sp³-hybridized carbons (Fsp3) is 0.0500. The predicted octanol–water partition coefficient (Wildman–Crippen LogP) is 3.74. The van der Waals surface area contributed by atoms with Crippen LogP contribution in [0.1, 0.15) is 5.56 Å². The Labute approximate surface area is 153 Å². The molecule has 0 saturated heterocycles. The topological polar surface area (TPSA) is 85.4 Å². The second-order valence-electron chi connectivity index (χ2n) is 6.36. The van der Waals surface area contributed by atoms with Crippen molar-refractivity contribution in [1.29, 1.82) is 0 Å². The van der Waals surface area contributed by atoms with Crippen molar-refractivity contribution in [2.75, 3.05) is 5.73 Å². The number of nitrogens with one attached hydrogen (secondary N) is 1. The molecule has 0 atom stereocenters. The van der Waals surface area contributed by atoms with Crippen LogP contribution in [0, 0.1) is 5.82 Å². The molecule has 132 valence electrons. The zero-order valence-electron chi connectivity index (χ0n) is 14.2. The second kappa shape index (κ2) is 5.91. The van der Waals surface area contributed by atoms with Crippen LogP contribution < -0.4 is 5.73 Å². The minimum absolute atomic E-state index is 0.199. The summed E-state index contributed by atoms with van der Waals surface area (Å²) in [6.45, 7) is 0.475. The van der Waals surface area contributed by atoms with Gasteiger partial charge in [-0.25, -0.2) is 14.4 Å². The molecule has 7 heteroatoms. The number of aromatic amines is 1. The molecule has 0 saturated carbocycles. The molecule has 0 radical (unpaired) electrons. The summed E-state index contributed by atoms with van der Waals surface area (Å²) in [5.41, 5.74) is 9.95. The zero-order valence-corrected chi connectivity index (χ0v) is 14.2.